The Kier molecular flexibility index (Phi) is 5.77. The average molecular weight is 428 g/mol. The molecule has 0 bridgehead atoms. The zero-order chi connectivity index (χ0) is 21.3. The summed E-state index contributed by atoms with van der Waals surface area (Å²) in [5.41, 5.74) is 4.70. The van der Waals surface area contributed by atoms with Crippen LogP contribution in [-0.2, 0) is 6.54 Å². The fourth-order valence-electron chi connectivity index (χ4n) is 4.25. The van der Waals surface area contributed by atoms with Gasteiger partial charge in [0.05, 0.1) is 25.4 Å². The minimum Gasteiger partial charge on any atom is -0.497 e. The van der Waals surface area contributed by atoms with Gasteiger partial charge in [0.15, 0.2) is 0 Å². The number of methoxy groups -OCH3 is 1. The van der Waals surface area contributed by atoms with Gasteiger partial charge in [-0.15, -0.1) is 0 Å². The van der Waals surface area contributed by atoms with Crippen LogP contribution in [0.4, 0.5) is 10.5 Å². The van der Waals surface area contributed by atoms with Gasteiger partial charge in [-0.1, -0.05) is 17.7 Å². The van der Waals surface area contributed by atoms with E-state index >= 15 is 0 Å². The number of rotatable bonds is 4. The number of hydrogen-bond acceptors (Lipinski definition) is 4. The van der Waals surface area contributed by atoms with Crippen LogP contribution in [0.25, 0.3) is 0 Å². The van der Waals surface area contributed by atoms with Gasteiger partial charge in [0.2, 0.25) is 0 Å². The van der Waals surface area contributed by atoms with Gasteiger partial charge in [0.25, 0.3) is 0 Å². The number of carbonyl (C=O) groups is 1. The van der Waals surface area contributed by atoms with Crippen LogP contribution in [0.5, 0.6) is 5.75 Å². The quantitative estimate of drug-likeness (QED) is 0.750. The number of likely N-dealkylation sites (tertiary alicyclic amines) is 1. The average Bonchev–Trinajstić information content (AvgIpc) is 2.93. The molecule has 2 aliphatic rings. The van der Waals surface area contributed by atoms with Gasteiger partial charge < -0.3 is 14.7 Å². The molecule has 0 aromatic heterocycles. The van der Waals surface area contributed by atoms with Gasteiger partial charge in [-0.25, -0.2) is 4.79 Å². The van der Waals surface area contributed by atoms with Crippen molar-refractivity contribution in [2.45, 2.75) is 32.4 Å². The molecule has 1 atom stereocenters. The van der Waals surface area contributed by atoms with Gasteiger partial charge in [-0.3, -0.25) is 10.0 Å². The Bertz CT molecular complexity index is 961. The molecule has 1 amide bonds. The number of hydrazine groups is 1. The Balaban J connectivity index is 1.66. The summed E-state index contributed by atoms with van der Waals surface area (Å²) in [4.78, 5) is 13.0. The first-order chi connectivity index (χ1) is 14.5. The lowest BCUT2D eigenvalue weighted by molar-refractivity contribution is 0.146. The summed E-state index contributed by atoms with van der Waals surface area (Å²) >= 11 is 6.12. The first kappa shape index (κ1) is 20.4. The van der Waals surface area contributed by atoms with Crippen LogP contribution in [0.15, 0.2) is 54.2 Å². The van der Waals surface area contributed by atoms with Crippen LogP contribution in [0.2, 0.25) is 5.02 Å². The number of aryl methyl sites for hydroxylation is 1. The third-order valence-corrected chi connectivity index (χ3v) is 6.15. The molecule has 6 nitrogen and oxygen atoms in total. The summed E-state index contributed by atoms with van der Waals surface area (Å²) in [7, 11) is 1.68. The molecule has 1 saturated heterocycles. The van der Waals surface area contributed by atoms with Crippen LogP contribution in [0.1, 0.15) is 24.0 Å². The number of benzene rings is 2. The van der Waals surface area contributed by atoms with E-state index in [4.69, 9.17) is 16.3 Å². The van der Waals surface area contributed by atoms with Crippen molar-refractivity contribution in [2.75, 3.05) is 25.2 Å². The van der Waals surface area contributed by atoms with E-state index in [1.165, 1.54) is 21.6 Å². The van der Waals surface area contributed by atoms with Crippen LogP contribution in [0, 0.1) is 6.92 Å². The van der Waals surface area contributed by atoms with E-state index in [0.29, 0.717) is 18.1 Å². The van der Waals surface area contributed by atoms with Crippen molar-refractivity contribution in [3.63, 3.8) is 0 Å². The standard InChI is InChI=1S/C23H26ClN3O3/c1-16-13-21(30-2)8-3-17(16)14-26-15-18-9-11-25(23(28)29)12-10-22(18)27(26)20-6-4-19(24)5-7-20/h3-8,13,15,22H,9-12,14H2,1-2H3,(H,28,29). The van der Waals surface area contributed by atoms with Gasteiger partial charge in [0.1, 0.15) is 5.75 Å². The molecule has 7 heteroatoms. The summed E-state index contributed by atoms with van der Waals surface area (Å²) in [6.07, 6.45) is 2.83. The van der Waals surface area contributed by atoms with Crippen LogP contribution >= 0.6 is 11.6 Å². The van der Waals surface area contributed by atoms with Crippen molar-refractivity contribution in [3.05, 3.63) is 70.4 Å². The van der Waals surface area contributed by atoms with Crippen LogP contribution < -0.4 is 9.75 Å². The molecule has 0 radical (unpaired) electrons. The highest BCUT2D eigenvalue weighted by Crippen LogP contribution is 2.36. The highest BCUT2D eigenvalue weighted by molar-refractivity contribution is 6.30. The maximum atomic E-state index is 11.5. The van der Waals surface area contributed by atoms with Gasteiger partial charge >= 0.3 is 6.09 Å². The van der Waals surface area contributed by atoms with E-state index in [2.05, 4.69) is 29.2 Å². The number of anilines is 1. The fourth-order valence-corrected chi connectivity index (χ4v) is 4.38. The van der Waals surface area contributed by atoms with Crippen LogP contribution in [0.3, 0.4) is 0 Å². The Hall–Kier alpha value is -2.86. The summed E-state index contributed by atoms with van der Waals surface area (Å²) in [5, 5.41) is 14.6. The molecule has 0 spiro atoms. The molecular weight excluding hydrogens is 402 g/mol. The Morgan fingerprint density at radius 2 is 1.97 bits per heavy atom. The van der Waals surface area contributed by atoms with Crippen LogP contribution in [-0.4, -0.2) is 47.3 Å². The highest BCUT2D eigenvalue weighted by Gasteiger charge is 2.36. The van der Waals surface area contributed by atoms with Crippen molar-refractivity contribution < 1.29 is 14.6 Å². The summed E-state index contributed by atoms with van der Waals surface area (Å²) < 4.78 is 5.34. The largest absolute Gasteiger partial charge is 0.497 e. The van der Waals surface area contributed by atoms with E-state index < -0.39 is 6.09 Å². The number of halogens is 1. The number of fused-ring (bicyclic) bond motifs is 1. The fraction of sp³-hybridized carbons (Fsp3) is 0.348. The first-order valence-electron chi connectivity index (χ1n) is 10.1. The first-order valence-corrected chi connectivity index (χ1v) is 10.5. The predicted octanol–water partition coefficient (Wildman–Crippen LogP) is 4.92. The molecule has 2 aromatic rings. The number of carboxylic acid groups (broad SMARTS) is 1. The maximum Gasteiger partial charge on any atom is 0.407 e. The van der Waals surface area contributed by atoms with E-state index in [0.717, 1.165) is 30.8 Å². The molecule has 158 valence electrons. The zero-order valence-electron chi connectivity index (χ0n) is 17.2. The Morgan fingerprint density at radius 1 is 1.20 bits per heavy atom. The monoisotopic (exact) mass is 427 g/mol. The van der Waals surface area contributed by atoms with Crippen molar-refractivity contribution >= 4 is 23.4 Å². The molecule has 2 heterocycles. The molecule has 4 rings (SSSR count). The lowest BCUT2D eigenvalue weighted by atomic mass is 10.0. The lowest BCUT2D eigenvalue weighted by Crippen LogP contribution is -2.42. The number of hydrogen-bond donors (Lipinski definition) is 1. The summed E-state index contributed by atoms with van der Waals surface area (Å²) in [5.74, 6) is 0.851. The minimum atomic E-state index is -0.848. The number of ether oxygens (including phenoxy) is 1. The molecule has 0 aliphatic carbocycles. The molecule has 1 N–H and O–H groups in total. The molecular formula is C23H26ClN3O3. The normalized spacial score (nSPS) is 18.7. The third-order valence-electron chi connectivity index (χ3n) is 5.90. The molecule has 1 unspecified atom stereocenters. The van der Waals surface area contributed by atoms with Crippen molar-refractivity contribution in [1.82, 2.24) is 9.91 Å². The second-order valence-corrected chi connectivity index (χ2v) is 8.18. The number of amides is 1. The topological polar surface area (TPSA) is 56.3 Å². The molecule has 0 saturated carbocycles. The molecule has 2 aromatic carbocycles. The second kappa shape index (κ2) is 8.48. The van der Waals surface area contributed by atoms with E-state index in [1.807, 2.05) is 36.4 Å². The Morgan fingerprint density at radius 3 is 2.63 bits per heavy atom. The van der Waals surface area contributed by atoms with Gasteiger partial charge in [0, 0.05) is 24.3 Å². The lowest BCUT2D eigenvalue weighted by Gasteiger charge is -2.36. The number of nitrogens with zero attached hydrogens (tertiary/aromatic N) is 3. The summed E-state index contributed by atoms with van der Waals surface area (Å²) in [6.45, 7) is 3.87. The van der Waals surface area contributed by atoms with E-state index in [1.54, 1.807) is 7.11 Å². The maximum absolute atomic E-state index is 11.5. The Labute approximate surface area is 181 Å². The molecule has 1 fully saturated rings. The third kappa shape index (κ3) is 4.05. The zero-order valence-corrected chi connectivity index (χ0v) is 18.0. The SMILES string of the molecule is COc1ccc(CN2C=C3CCN(C(=O)O)CCC3N2c2ccc(Cl)cc2)c(C)c1. The van der Waals surface area contributed by atoms with Gasteiger partial charge in [-0.05, 0) is 72.9 Å². The predicted molar refractivity (Wildman–Crippen MR) is 118 cm³/mol. The van der Waals surface area contributed by atoms with Crippen molar-refractivity contribution in [3.8, 4) is 5.75 Å². The molecule has 30 heavy (non-hydrogen) atoms. The minimum absolute atomic E-state index is 0.133. The van der Waals surface area contributed by atoms with E-state index in [-0.39, 0.29) is 6.04 Å². The van der Waals surface area contributed by atoms with Crippen molar-refractivity contribution in [2.24, 2.45) is 0 Å². The molecule has 2 aliphatic heterocycles. The highest BCUT2D eigenvalue weighted by atomic mass is 35.5. The smallest absolute Gasteiger partial charge is 0.407 e. The van der Waals surface area contributed by atoms with E-state index in [9.17, 15) is 9.90 Å². The van der Waals surface area contributed by atoms with Gasteiger partial charge in [-0.2, -0.15) is 0 Å². The van der Waals surface area contributed by atoms with Crippen molar-refractivity contribution in [1.29, 1.82) is 0 Å². The second-order valence-electron chi connectivity index (χ2n) is 7.74. The summed E-state index contributed by atoms with van der Waals surface area (Å²) in [6, 6.07) is 14.1.